The molecule has 0 spiro atoms. The van der Waals surface area contributed by atoms with E-state index in [1.54, 1.807) is 0 Å². The second-order valence-electron chi connectivity index (χ2n) is 6.17. The van der Waals surface area contributed by atoms with Crippen molar-refractivity contribution in [3.05, 3.63) is 35.7 Å². The maximum Gasteiger partial charge on any atom is 0.151 e. The summed E-state index contributed by atoms with van der Waals surface area (Å²) in [7, 11) is 0. The molecule has 0 radical (unpaired) electrons. The molecule has 0 bridgehead atoms. The Bertz CT molecular complexity index is 595. The first kappa shape index (κ1) is 15.6. The van der Waals surface area contributed by atoms with Gasteiger partial charge in [0.1, 0.15) is 5.82 Å². The molecule has 2 aromatic rings. The highest BCUT2D eigenvalue weighted by atomic mass is 15.4. The van der Waals surface area contributed by atoms with E-state index in [0.717, 1.165) is 36.7 Å². The Hall–Kier alpha value is -1.75. The van der Waals surface area contributed by atoms with Gasteiger partial charge in [0.25, 0.3) is 0 Å². The molecule has 0 fully saturated rings. The van der Waals surface area contributed by atoms with Gasteiger partial charge in [-0.3, -0.25) is 4.98 Å². The van der Waals surface area contributed by atoms with Crippen molar-refractivity contribution in [2.24, 2.45) is 0 Å². The molecule has 2 aromatic heterocycles. The third-order valence-electron chi connectivity index (χ3n) is 3.28. The molecule has 5 nitrogen and oxygen atoms in total. The molecule has 0 aliphatic carbocycles. The van der Waals surface area contributed by atoms with Crippen LogP contribution < -0.4 is 5.32 Å². The molecule has 0 unspecified atom stereocenters. The summed E-state index contributed by atoms with van der Waals surface area (Å²) in [6.45, 7) is 11.4. The molecule has 114 valence electrons. The van der Waals surface area contributed by atoms with Crippen molar-refractivity contribution < 1.29 is 0 Å². The van der Waals surface area contributed by atoms with Gasteiger partial charge in [0, 0.05) is 31.1 Å². The zero-order valence-corrected chi connectivity index (χ0v) is 13.6. The van der Waals surface area contributed by atoms with Gasteiger partial charge >= 0.3 is 0 Å². The van der Waals surface area contributed by atoms with Crippen LogP contribution in [-0.4, -0.2) is 25.3 Å². The fourth-order valence-electron chi connectivity index (χ4n) is 2.08. The first-order chi connectivity index (χ1) is 9.94. The second kappa shape index (κ2) is 6.35. The highest BCUT2D eigenvalue weighted by molar-refractivity contribution is 5.38. The smallest absolute Gasteiger partial charge is 0.151 e. The molecule has 0 aliphatic rings. The average molecular weight is 287 g/mol. The van der Waals surface area contributed by atoms with Crippen molar-refractivity contribution in [2.75, 3.05) is 0 Å². The monoisotopic (exact) mass is 287 g/mol. The standard InChI is InChI=1S/C16H25N5/c1-6-14-19-15(7-2)21(20-14)13-11-17-9-8-12(13)10-18-16(3,4)5/h8-9,11,18H,6-7,10H2,1-5H3. The van der Waals surface area contributed by atoms with Crippen LogP contribution in [0.2, 0.25) is 0 Å². The maximum atomic E-state index is 4.61. The van der Waals surface area contributed by atoms with Crippen molar-refractivity contribution in [3.8, 4) is 5.69 Å². The lowest BCUT2D eigenvalue weighted by atomic mass is 10.1. The summed E-state index contributed by atoms with van der Waals surface area (Å²) in [5, 5.41) is 8.13. The molecular formula is C16H25N5. The molecule has 21 heavy (non-hydrogen) atoms. The number of rotatable bonds is 5. The minimum absolute atomic E-state index is 0.0745. The summed E-state index contributed by atoms with van der Waals surface area (Å²) < 4.78 is 1.94. The Morgan fingerprint density at radius 2 is 1.95 bits per heavy atom. The van der Waals surface area contributed by atoms with Crippen molar-refractivity contribution in [2.45, 2.75) is 59.5 Å². The van der Waals surface area contributed by atoms with E-state index in [1.807, 2.05) is 23.1 Å². The predicted molar refractivity (Wildman–Crippen MR) is 84.5 cm³/mol. The first-order valence-electron chi connectivity index (χ1n) is 7.57. The summed E-state index contributed by atoms with van der Waals surface area (Å²) in [5.74, 6) is 1.86. The van der Waals surface area contributed by atoms with E-state index in [0.29, 0.717) is 0 Å². The van der Waals surface area contributed by atoms with Gasteiger partial charge in [-0.15, -0.1) is 0 Å². The van der Waals surface area contributed by atoms with Gasteiger partial charge in [0.2, 0.25) is 0 Å². The lowest BCUT2D eigenvalue weighted by Crippen LogP contribution is -2.35. The highest BCUT2D eigenvalue weighted by Crippen LogP contribution is 2.16. The van der Waals surface area contributed by atoms with Gasteiger partial charge in [-0.1, -0.05) is 13.8 Å². The molecule has 2 rings (SSSR count). The van der Waals surface area contributed by atoms with Crippen molar-refractivity contribution in [3.63, 3.8) is 0 Å². The van der Waals surface area contributed by atoms with Gasteiger partial charge < -0.3 is 5.32 Å². The third-order valence-corrected chi connectivity index (χ3v) is 3.28. The normalized spacial score (nSPS) is 11.9. The molecule has 5 heteroatoms. The SMILES string of the molecule is CCc1nc(CC)n(-c2cnccc2CNC(C)(C)C)n1. The number of hydrogen-bond acceptors (Lipinski definition) is 4. The maximum absolute atomic E-state index is 4.61. The minimum atomic E-state index is 0.0745. The van der Waals surface area contributed by atoms with Crippen LogP contribution in [0, 0.1) is 0 Å². The largest absolute Gasteiger partial charge is 0.308 e. The van der Waals surface area contributed by atoms with Crippen LogP contribution in [0.1, 0.15) is 51.8 Å². The second-order valence-corrected chi connectivity index (χ2v) is 6.17. The Balaban J connectivity index is 2.37. The van der Waals surface area contributed by atoms with Gasteiger partial charge in [-0.2, -0.15) is 5.10 Å². The number of nitrogens with zero attached hydrogens (tertiary/aromatic N) is 4. The van der Waals surface area contributed by atoms with Crippen molar-refractivity contribution in [1.82, 2.24) is 25.1 Å². The molecule has 0 aromatic carbocycles. The van der Waals surface area contributed by atoms with E-state index >= 15 is 0 Å². The summed E-state index contributed by atoms with van der Waals surface area (Å²) in [5.41, 5.74) is 2.27. The summed E-state index contributed by atoms with van der Waals surface area (Å²) in [4.78, 5) is 8.84. The fraction of sp³-hybridized carbons (Fsp3) is 0.562. The summed E-state index contributed by atoms with van der Waals surface area (Å²) in [6, 6.07) is 2.04. The zero-order chi connectivity index (χ0) is 15.5. The number of pyridine rings is 1. The van der Waals surface area contributed by atoms with Crippen LogP contribution in [0.15, 0.2) is 18.5 Å². The summed E-state index contributed by atoms with van der Waals surface area (Å²) in [6.07, 6.45) is 5.39. The summed E-state index contributed by atoms with van der Waals surface area (Å²) >= 11 is 0. The predicted octanol–water partition coefficient (Wildman–Crippen LogP) is 2.68. The van der Waals surface area contributed by atoms with Crippen molar-refractivity contribution >= 4 is 0 Å². The Labute approximate surface area is 126 Å². The molecule has 0 amide bonds. The van der Waals surface area contributed by atoms with Gasteiger partial charge in [-0.05, 0) is 32.4 Å². The lowest BCUT2D eigenvalue weighted by molar-refractivity contribution is 0.423. The van der Waals surface area contributed by atoms with Gasteiger partial charge in [0.15, 0.2) is 5.82 Å². The van der Waals surface area contributed by atoms with Gasteiger partial charge in [-0.25, -0.2) is 9.67 Å². The van der Waals surface area contributed by atoms with E-state index in [2.05, 4.69) is 55.0 Å². The quantitative estimate of drug-likeness (QED) is 0.918. The van der Waals surface area contributed by atoms with E-state index < -0.39 is 0 Å². The number of aryl methyl sites for hydroxylation is 2. The molecule has 0 atom stereocenters. The minimum Gasteiger partial charge on any atom is -0.308 e. The van der Waals surface area contributed by atoms with E-state index in [1.165, 1.54) is 5.56 Å². The van der Waals surface area contributed by atoms with E-state index in [9.17, 15) is 0 Å². The van der Waals surface area contributed by atoms with Crippen LogP contribution in [0.5, 0.6) is 0 Å². The molecule has 1 N–H and O–H groups in total. The van der Waals surface area contributed by atoms with Crippen LogP contribution in [0.3, 0.4) is 0 Å². The van der Waals surface area contributed by atoms with Crippen LogP contribution in [0.4, 0.5) is 0 Å². The number of hydrogen-bond donors (Lipinski definition) is 1. The van der Waals surface area contributed by atoms with Crippen molar-refractivity contribution in [1.29, 1.82) is 0 Å². The topological polar surface area (TPSA) is 55.6 Å². The average Bonchev–Trinajstić information content (AvgIpc) is 2.88. The lowest BCUT2D eigenvalue weighted by Gasteiger charge is -2.21. The van der Waals surface area contributed by atoms with E-state index in [4.69, 9.17) is 0 Å². The molecular weight excluding hydrogens is 262 g/mol. The number of nitrogens with one attached hydrogen (secondary N) is 1. The Morgan fingerprint density at radius 3 is 2.57 bits per heavy atom. The van der Waals surface area contributed by atoms with Gasteiger partial charge in [0.05, 0.1) is 11.9 Å². The highest BCUT2D eigenvalue weighted by Gasteiger charge is 2.15. The van der Waals surface area contributed by atoms with E-state index in [-0.39, 0.29) is 5.54 Å². The molecule has 0 saturated heterocycles. The molecule has 2 heterocycles. The number of aromatic nitrogens is 4. The fourth-order valence-corrected chi connectivity index (χ4v) is 2.08. The van der Waals surface area contributed by atoms with Crippen LogP contribution in [-0.2, 0) is 19.4 Å². The first-order valence-corrected chi connectivity index (χ1v) is 7.57. The Morgan fingerprint density at radius 1 is 1.19 bits per heavy atom. The molecule has 0 aliphatic heterocycles. The third kappa shape index (κ3) is 3.88. The van der Waals surface area contributed by atoms with Crippen LogP contribution in [0.25, 0.3) is 5.69 Å². The van der Waals surface area contributed by atoms with Crippen LogP contribution >= 0.6 is 0 Å². The molecule has 0 saturated carbocycles. The Kier molecular flexibility index (Phi) is 4.73. The zero-order valence-electron chi connectivity index (χ0n) is 13.6.